The van der Waals surface area contributed by atoms with Crippen molar-refractivity contribution in [3.05, 3.63) is 82.0 Å². The molecule has 40 heavy (non-hydrogen) atoms. The molecule has 4 rings (SSSR count). The lowest BCUT2D eigenvalue weighted by Crippen LogP contribution is -2.46. The predicted octanol–water partition coefficient (Wildman–Crippen LogP) is 4.05. The van der Waals surface area contributed by atoms with E-state index in [1.54, 1.807) is 36.4 Å². The van der Waals surface area contributed by atoms with E-state index >= 15 is 0 Å². The number of nitro benzene ring substituents is 1. The Hall–Kier alpha value is -4.22. The fourth-order valence-corrected chi connectivity index (χ4v) is 4.20. The van der Waals surface area contributed by atoms with E-state index in [1.807, 2.05) is 26.0 Å². The number of nitrogens with zero attached hydrogens (tertiary/aromatic N) is 2. The number of pyridine rings is 1. The van der Waals surface area contributed by atoms with Gasteiger partial charge in [-0.15, -0.1) is 0 Å². The number of aliphatic hydroxyl groups excluding tert-OH is 1. The lowest BCUT2D eigenvalue weighted by molar-refractivity contribution is -0.384. The van der Waals surface area contributed by atoms with Gasteiger partial charge in [-0.05, 0) is 74.9 Å². The van der Waals surface area contributed by atoms with Gasteiger partial charge in [0.25, 0.3) is 11.6 Å². The van der Waals surface area contributed by atoms with Crippen molar-refractivity contribution in [2.75, 3.05) is 25.0 Å². The molecule has 1 aliphatic rings. The molecule has 1 heterocycles. The number of hydrogen-bond donors (Lipinski definition) is 4. The van der Waals surface area contributed by atoms with Gasteiger partial charge < -0.3 is 30.9 Å². The molecular weight excluding hydrogens is 514 g/mol. The summed E-state index contributed by atoms with van der Waals surface area (Å²) in [6, 6.07) is 15.3. The minimum absolute atomic E-state index is 0.0186. The number of nitrogens with two attached hydrogens (primary N) is 1. The number of aliphatic hydroxyl groups is 1. The summed E-state index contributed by atoms with van der Waals surface area (Å²) in [7, 11) is 0. The molecule has 0 bridgehead atoms. The van der Waals surface area contributed by atoms with Gasteiger partial charge in [-0.3, -0.25) is 14.9 Å². The van der Waals surface area contributed by atoms with E-state index in [4.69, 9.17) is 15.2 Å². The highest BCUT2D eigenvalue weighted by Gasteiger charge is 2.25. The first-order chi connectivity index (χ1) is 19.1. The fourth-order valence-electron chi connectivity index (χ4n) is 4.20. The first-order valence-corrected chi connectivity index (χ1v) is 13.2. The Morgan fingerprint density at radius 2 is 1.95 bits per heavy atom. The number of carbonyl (C=O) groups is 1. The van der Waals surface area contributed by atoms with Crippen LogP contribution in [0.25, 0.3) is 0 Å². The summed E-state index contributed by atoms with van der Waals surface area (Å²) in [6.45, 7) is 4.96. The lowest BCUT2D eigenvalue weighted by Gasteiger charge is -2.28. The van der Waals surface area contributed by atoms with Gasteiger partial charge in [-0.1, -0.05) is 18.2 Å². The SMILES string of the molecule is CC(C)(Cc1ccc(Oc2ncccc2C(N)=O)cc1)NC[C@H](O)COc1cccc([N+](=O)[O-])c1NCC1CC1. The molecule has 1 aromatic heterocycles. The fraction of sp³-hybridized carbons (Fsp3) is 0.379. The second-order valence-electron chi connectivity index (χ2n) is 10.6. The van der Waals surface area contributed by atoms with Crippen molar-refractivity contribution in [1.29, 1.82) is 0 Å². The normalized spacial score (nSPS) is 13.9. The van der Waals surface area contributed by atoms with Gasteiger partial charge in [0, 0.05) is 30.9 Å². The van der Waals surface area contributed by atoms with Gasteiger partial charge in [-0.25, -0.2) is 4.98 Å². The minimum atomic E-state index is -0.830. The summed E-state index contributed by atoms with van der Waals surface area (Å²) in [6.07, 6.45) is 3.59. The van der Waals surface area contributed by atoms with Crippen LogP contribution in [0.2, 0.25) is 0 Å². The van der Waals surface area contributed by atoms with Crippen LogP contribution in [0.1, 0.15) is 42.6 Å². The summed E-state index contributed by atoms with van der Waals surface area (Å²) in [5, 5.41) is 28.6. The Kier molecular flexibility index (Phi) is 9.18. The van der Waals surface area contributed by atoms with E-state index in [9.17, 15) is 20.0 Å². The van der Waals surface area contributed by atoms with Gasteiger partial charge in [0.1, 0.15) is 29.8 Å². The van der Waals surface area contributed by atoms with Crippen LogP contribution in [0.3, 0.4) is 0 Å². The summed E-state index contributed by atoms with van der Waals surface area (Å²) < 4.78 is 11.5. The van der Waals surface area contributed by atoms with Gasteiger partial charge in [0.05, 0.1) is 4.92 Å². The highest BCUT2D eigenvalue weighted by atomic mass is 16.6. The van der Waals surface area contributed by atoms with E-state index in [2.05, 4.69) is 15.6 Å². The van der Waals surface area contributed by atoms with E-state index in [1.165, 1.54) is 12.3 Å². The Morgan fingerprint density at radius 3 is 2.62 bits per heavy atom. The zero-order valence-corrected chi connectivity index (χ0v) is 22.6. The molecule has 11 heteroatoms. The Morgan fingerprint density at radius 1 is 1.20 bits per heavy atom. The van der Waals surface area contributed by atoms with Crippen molar-refractivity contribution >= 4 is 17.3 Å². The number of β-amino-alcohol motifs (C(OH)–C–C–N with tert-alkyl or cyclic N) is 1. The van der Waals surface area contributed by atoms with Crippen molar-refractivity contribution in [1.82, 2.24) is 10.3 Å². The number of para-hydroxylation sites is 1. The topological polar surface area (TPSA) is 162 Å². The first-order valence-electron chi connectivity index (χ1n) is 13.2. The molecule has 1 atom stereocenters. The second-order valence-corrected chi connectivity index (χ2v) is 10.6. The van der Waals surface area contributed by atoms with E-state index < -0.39 is 16.9 Å². The third-order valence-corrected chi connectivity index (χ3v) is 6.53. The van der Waals surface area contributed by atoms with Crippen LogP contribution in [0.5, 0.6) is 17.4 Å². The molecule has 0 spiro atoms. The number of nitrogens with one attached hydrogen (secondary N) is 2. The molecule has 0 saturated heterocycles. The van der Waals surface area contributed by atoms with Crippen molar-refractivity contribution in [2.24, 2.45) is 11.7 Å². The van der Waals surface area contributed by atoms with Crippen molar-refractivity contribution in [3.63, 3.8) is 0 Å². The standard InChI is InChI=1S/C29H35N5O6/c1-29(2,15-19-10-12-22(13-11-19)40-28-23(27(30)36)5-4-14-31-28)33-17-21(35)18-39-25-7-3-6-24(34(37)38)26(25)32-16-20-8-9-20/h3-7,10-14,20-21,32-33,35H,8-9,15-18H2,1-2H3,(H2,30,36)/t21-/m0/s1. The number of ether oxygens (including phenoxy) is 2. The molecule has 212 valence electrons. The van der Waals surface area contributed by atoms with Gasteiger partial charge in [0.2, 0.25) is 5.88 Å². The molecule has 3 aromatic rings. The number of carbonyl (C=O) groups excluding carboxylic acids is 1. The second kappa shape index (κ2) is 12.8. The van der Waals surface area contributed by atoms with Crippen LogP contribution in [0, 0.1) is 16.0 Å². The third-order valence-electron chi connectivity index (χ3n) is 6.53. The number of benzene rings is 2. The zero-order valence-electron chi connectivity index (χ0n) is 22.6. The zero-order chi connectivity index (χ0) is 28.7. The van der Waals surface area contributed by atoms with Crippen molar-refractivity contribution in [2.45, 2.75) is 44.8 Å². The quantitative estimate of drug-likeness (QED) is 0.162. The lowest BCUT2D eigenvalue weighted by atomic mass is 9.94. The number of primary amides is 1. The summed E-state index contributed by atoms with van der Waals surface area (Å²) >= 11 is 0. The molecule has 2 aromatic carbocycles. The summed E-state index contributed by atoms with van der Waals surface area (Å²) in [5.41, 5.74) is 6.58. The van der Waals surface area contributed by atoms with Gasteiger partial charge in [0.15, 0.2) is 5.69 Å². The number of anilines is 1. The number of hydrogen-bond acceptors (Lipinski definition) is 9. The van der Waals surface area contributed by atoms with Crippen LogP contribution in [-0.2, 0) is 6.42 Å². The number of rotatable bonds is 15. The third kappa shape index (κ3) is 8.14. The monoisotopic (exact) mass is 549 g/mol. The molecule has 1 aliphatic carbocycles. The molecule has 1 saturated carbocycles. The summed E-state index contributed by atoms with van der Waals surface area (Å²) in [4.78, 5) is 26.7. The highest BCUT2D eigenvalue weighted by molar-refractivity contribution is 5.95. The Balaban J connectivity index is 1.28. The van der Waals surface area contributed by atoms with Crippen LogP contribution in [-0.4, -0.2) is 52.3 Å². The molecule has 1 amide bonds. The first kappa shape index (κ1) is 28.8. The van der Waals surface area contributed by atoms with Gasteiger partial charge in [-0.2, -0.15) is 0 Å². The van der Waals surface area contributed by atoms with E-state index in [0.717, 1.165) is 18.4 Å². The molecular formula is C29H35N5O6. The molecule has 11 nitrogen and oxygen atoms in total. The predicted molar refractivity (Wildman–Crippen MR) is 151 cm³/mol. The number of nitro groups is 1. The number of aromatic nitrogens is 1. The Bertz CT molecular complexity index is 1330. The molecule has 5 N–H and O–H groups in total. The average molecular weight is 550 g/mol. The van der Waals surface area contributed by atoms with Crippen molar-refractivity contribution < 1.29 is 24.3 Å². The smallest absolute Gasteiger partial charge is 0.296 e. The van der Waals surface area contributed by atoms with Crippen LogP contribution in [0.15, 0.2) is 60.8 Å². The maximum atomic E-state index is 11.6. The maximum absolute atomic E-state index is 11.6. The molecule has 0 unspecified atom stereocenters. The van der Waals surface area contributed by atoms with Crippen LogP contribution < -0.4 is 25.8 Å². The highest BCUT2D eigenvalue weighted by Crippen LogP contribution is 2.36. The summed E-state index contributed by atoms with van der Waals surface area (Å²) in [5.74, 6) is 0.941. The van der Waals surface area contributed by atoms with Gasteiger partial charge >= 0.3 is 0 Å². The van der Waals surface area contributed by atoms with Crippen LogP contribution in [0.4, 0.5) is 11.4 Å². The van der Waals surface area contributed by atoms with E-state index in [0.29, 0.717) is 36.1 Å². The maximum Gasteiger partial charge on any atom is 0.296 e. The average Bonchev–Trinajstić information content (AvgIpc) is 3.75. The van der Waals surface area contributed by atoms with Crippen molar-refractivity contribution in [3.8, 4) is 17.4 Å². The van der Waals surface area contributed by atoms with Crippen LogP contribution >= 0.6 is 0 Å². The Labute approximate surface area is 232 Å². The molecule has 1 fully saturated rings. The minimum Gasteiger partial charge on any atom is -0.488 e. The number of amides is 1. The largest absolute Gasteiger partial charge is 0.488 e. The molecule has 0 aliphatic heterocycles. The van der Waals surface area contributed by atoms with E-state index in [-0.39, 0.29) is 35.8 Å². The molecule has 0 radical (unpaired) electrons.